The second-order valence-electron chi connectivity index (χ2n) is 5.35. The fourth-order valence-corrected chi connectivity index (χ4v) is 2.55. The number of aromatic nitrogens is 1. The summed E-state index contributed by atoms with van der Waals surface area (Å²) >= 11 is 0. The highest BCUT2D eigenvalue weighted by Gasteiger charge is 2.18. The van der Waals surface area contributed by atoms with E-state index in [-0.39, 0.29) is 11.7 Å². The smallest absolute Gasteiger partial charge is 0.216 e. The molecule has 0 bridgehead atoms. The van der Waals surface area contributed by atoms with Gasteiger partial charge in [-0.05, 0) is 36.8 Å². The topological polar surface area (TPSA) is 64.4 Å². The lowest BCUT2D eigenvalue weighted by Crippen LogP contribution is -2.22. The fraction of sp³-hybridized carbons (Fsp3) is 0.222. The molecule has 0 atom stereocenters. The Bertz CT molecular complexity index is 872. The Morgan fingerprint density at radius 1 is 1.25 bits per heavy atom. The first kappa shape index (κ1) is 16.0. The Balaban J connectivity index is 2.08. The van der Waals surface area contributed by atoms with Crippen LogP contribution in [0.3, 0.4) is 0 Å². The van der Waals surface area contributed by atoms with Gasteiger partial charge in [0.05, 0.1) is 7.11 Å². The van der Waals surface area contributed by atoms with E-state index in [1.54, 1.807) is 31.4 Å². The number of hydrogen-bond acceptors (Lipinski definition) is 4. The van der Waals surface area contributed by atoms with E-state index in [2.05, 4.69) is 10.3 Å². The molecule has 0 saturated carbocycles. The van der Waals surface area contributed by atoms with Crippen LogP contribution in [0.2, 0.25) is 0 Å². The van der Waals surface area contributed by atoms with Gasteiger partial charge in [-0.1, -0.05) is 0 Å². The molecule has 0 aliphatic heterocycles. The molecule has 24 heavy (non-hydrogen) atoms. The summed E-state index contributed by atoms with van der Waals surface area (Å²) in [6.07, 6.45) is 0.541. The normalized spacial score (nSPS) is 10.8. The van der Waals surface area contributed by atoms with Crippen molar-refractivity contribution in [3.05, 3.63) is 47.8 Å². The number of furan rings is 1. The predicted molar refractivity (Wildman–Crippen MR) is 88.3 cm³/mol. The first-order valence-electron chi connectivity index (χ1n) is 7.55. The number of ether oxygens (including phenoxy) is 1. The summed E-state index contributed by atoms with van der Waals surface area (Å²) in [5, 5.41) is 2.77. The minimum Gasteiger partial charge on any atom is -0.481 e. The molecule has 0 aliphatic rings. The maximum atomic E-state index is 13.2. The Morgan fingerprint density at radius 3 is 2.67 bits per heavy atom. The lowest BCUT2D eigenvalue weighted by atomic mass is 10.1. The molecule has 0 radical (unpaired) electrons. The number of nitrogens with one attached hydrogen (secondary N) is 1. The summed E-state index contributed by atoms with van der Waals surface area (Å²) in [6.45, 7) is 1.92. The van der Waals surface area contributed by atoms with Crippen LogP contribution in [0.25, 0.3) is 22.4 Å². The van der Waals surface area contributed by atoms with Crippen molar-refractivity contribution < 1.29 is 18.3 Å². The molecule has 1 amide bonds. The highest BCUT2D eigenvalue weighted by molar-refractivity contribution is 5.85. The van der Waals surface area contributed by atoms with E-state index in [0.29, 0.717) is 35.7 Å². The van der Waals surface area contributed by atoms with Gasteiger partial charge in [0.1, 0.15) is 17.1 Å². The van der Waals surface area contributed by atoms with Gasteiger partial charge in [-0.15, -0.1) is 0 Å². The molecule has 0 saturated heterocycles. The van der Waals surface area contributed by atoms with Gasteiger partial charge in [-0.2, -0.15) is 0 Å². The van der Waals surface area contributed by atoms with E-state index in [9.17, 15) is 9.18 Å². The molecule has 0 spiro atoms. The number of rotatable bonds is 5. The first-order chi connectivity index (χ1) is 11.6. The maximum Gasteiger partial charge on any atom is 0.216 e. The van der Waals surface area contributed by atoms with Crippen molar-refractivity contribution in [2.75, 3.05) is 13.7 Å². The van der Waals surface area contributed by atoms with Crippen molar-refractivity contribution in [3.63, 3.8) is 0 Å². The van der Waals surface area contributed by atoms with Gasteiger partial charge in [-0.25, -0.2) is 9.37 Å². The molecular weight excluding hydrogens is 311 g/mol. The monoisotopic (exact) mass is 328 g/mol. The van der Waals surface area contributed by atoms with Crippen LogP contribution in [0.1, 0.15) is 12.5 Å². The van der Waals surface area contributed by atoms with Gasteiger partial charge in [-0.3, -0.25) is 4.79 Å². The first-order valence-corrected chi connectivity index (χ1v) is 7.55. The Hall–Kier alpha value is -2.89. The van der Waals surface area contributed by atoms with Crippen molar-refractivity contribution >= 4 is 17.0 Å². The highest BCUT2D eigenvalue weighted by atomic mass is 19.1. The van der Waals surface area contributed by atoms with Crippen molar-refractivity contribution in [2.45, 2.75) is 13.3 Å². The molecule has 0 fully saturated rings. The number of hydrogen-bond donors (Lipinski definition) is 1. The number of nitrogens with zero attached hydrogens (tertiary/aromatic N) is 1. The third-order valence-corrected chi connectivity index (χ3v) is 3.67. The van der Waals surface area contributed by atoms with Gasteiger partial charge in [0.15, 0.2) is 5.58 Å². The molecule has 0 aliphatic carbocycles. The number of carbonyl (C=O) groups is 1. The Labute approximate surface area is 138 Å². The van der Waals surface area contributed by atoms with E-state index in [1.165, 1.54) is 19.1 Å². The molecule has 1 N–H and O–H groups in total. The van der Waals surface area contributed by atoms with Crippen LogP contribution in [0, 0.1) is 5.82 Å². The number of benzene rings is 1. The van der Waals surface area contributed by atoms with Crippen LogP contribution in [-0.4, -0.2) is 24.5 Å². The van der Waals surface area contributed by atoms with Crippen LogP contribution in [-0.2, 0) is 11.2 Å². The molecule has 6 heteroatoms. The summed E-state index contributed by atoms with van der Waals surface area (Å²) in [5.41, 5.74) is 2.91. The lowest BCUT2D eigenvalue weighted by Gasteiger charge is -2.05. The van der Waals surface area contributed by atoms with Gasteiger partial charge < -0.3 is 14.5 Å². The summed E-state index contributed by atoms with van der Waals surface area (Å²) in [6, 6.07) is 9.59. The molecule has 5 nitrogen and oxygen atoms in total. The zero-order valence-electron chi connectivity index (χ0n) is 13.4. The molecule has 0 unspecified atom stereocenters. The van der Waals surface area contributed by atoms with E-state index < -0.39 is 0 Å². The van der Waals surface area contributed by atoms with Crippen LogP contribution in [0.15, 0.2) is 40.8 Å². The number of fused-ring (bicyclic) bond motifs is 1. The fourth-order valence-electron chi connectivity index (χ4n) is 2.55. The van der Waals surface area contributed by atoms with Crippen molar-refractivity contribution in [2.24, 2.45) is 0 Å². The maximum absolute atomic E-state index is 13.2. The summed E-state index contributed by atoms with van der Waals surface area (Å²) < 4.78 is 24.3. The number of pyridine rings is 1. The third kappa shape index (κ3) is 3.22. The van der Waals surface area contributed by atoms with Gasteiger partial charge >= 0.3 is 0 Å². The van der Waals surface area contributed by atoms with Gasteiger partial charge in [0, 0.05) is 30.7 Å². The average molecular weight is 328 g/mol. The zero-order valence-corrected chi connectivity index (χ0v) is 13.4. The largest absolute Gasteiger partial charge is 0.481 e. The number of halogens is 1. The molecule has 3 rings (SSSR count). The number of amides is 1. The molecule has 3 aromatic rings. The van der Waals surface area contributed by atoms with Crippen LogP contribution < -0.4 is 10.1 Å². The Morgan fingerprint density at radius 2 is 2.00 bits per heavy atom. The molecule has 2 heterocycles. The summed E-state index contributed by atoms with van der Waals surface area (Å²) in [5.74, 6) is 0.692. The average Bonchev–Trinajstić information content (AvgIpc) is 2.93. The van der Waals surface area contributed by atoms with Gasteiger partial charge in [0.25, 0.3) is 0 Å². The molecule has 124 valence electrons. The second kappa shape index (κ2) is 6.70. The second-order valence-corrected chi connectivity index (χ2v) is 5.35. The van der Waals surface area contributed by atoms with E-state index in [4.69, 9.17) is 9.15 Å². The zero-order chi connectivity index (χ0) is 17.1. The van der Waals surface area contributed by atoms with E-state index in [0.717, 1.165) is 11.1 Å². The summed E-state index contributed by atoms with van der Waals surface area (Å²) in [7, 11) is 1.55. The predicted octanol–water partition coefficient (Wildman–Crippen LogP) is 3.32. The number of carbonyl (C=O) groups excluding carboxylic acids is 1. The molecular formula is C18H17FN2O3. The SMILES string of the molecule is COc1ccc2oc(-c3ccc(F)cc3)c(CCNC(C)=O)c2n1. The van der Waals surface area contributed by atoms with Gasteiger partial charge in [0.2, 0.25) is 11.8 Å². The van der Waals surface area contributed by atoms with Crippen LogP contribution in [0.5, 0.6) is 5.88 Å². The quantitative estimate of drug-likeness (QED) is 0.780. The number of methoxy groups -OCH3 is 1. The minimum atomic E-state index is -0.311. The molecule has 2 aromatic heterocycles. The van der Waals surface area contributed by atoms with E-state index in [1.807, 2.05) is 0 Å². The van der Waals surface area contributed by atoms with Crippen molar-refractivity contribution in [1.82, 2.24) is 10.3 Å². The molecule has 1 aromatic carbocycles. The minimum absolute atomic E-state index is 0.100. The third-order valence-electron chi connectivity index (χ3n) is 3.67. The van der Waals surface area contributed by atoms with E-state index >= 15 is 0 Å². The highest BCUT2D eigenvalue weighted by Crippen LogP contribution is 2.34. The standard InChI is InChI=1S/C18H17FN2O3/c1-11(22)20-10-9-14-17-15(7-8-16(21-17)23-2)24-18(14)12-3-5-13(19)6-4-12/h3-8H,9-10H2,1-2H3,(H,20,22). The Kier molecular flexibility index (Phi) is 4.46. The lowest BCUT2D eigenvalue weighted by molar-refractivity contribution is -0.118. The van der Waals surface area contributed by atoms with Crippen molar-refractivity contribution in [3.8, 4) is 17.2 Å². The van der Waals surface area contributed by atoms with Crippen LogP contribution >= 0.6 is 0 Å². The van der Waals surface area contributed by atoms with Crippen molar-refractivity contribution in [1.29, 1.82) is 0 Å². The van der Waals surface area contributed by atoms with Crippen LogP contribution in [0.4, 0.5) is 4.39 Å². The summed E-state index contributed by atoms with van der Waals surface area (Å²) in [4.78, 5) is 15.6.